The molecule has 1 aliphatic carbocycles. The van der Waals surface area contributed by atoms with E-state index in [1.807, 2.05) is 30.3 Å². The van der Waals surface area contributed by atoms with Crippen molar-refractivity contribution < 1.29 is 9.53 Å². The Morgan fingerprint density at radius 1 is 1.14 bits per heavy atom. The molecule has 1 unspecified atom stereocenters. The van der Waals surface area contributed by atoms with Crippen LogP contribution in [0.2, 0.25) is 0 Å². The van der Waals surface area contributed by atoms with E-state index in [0.29, 0.717) is 5.92 Å². The van der Waals surface area contributed by atoms with Crippen LogP contribution in [0, 0.1) is 12.8 Å². The standard InChI is InChI=1S/C19H21NO2/c1-14-7-9-15(10-8-14)19(16-11-12-16)20-18(21)13-22-17-5-3-2-4-6-17/h2-10,16,19H,11-13H2,1H3,(H,20,21). The minimum Gasteiger partial charge on any atom is -0.484 e. The van der Waals surface area contributed by atoms with Crippen molar-refractivity contribution >= 4 is 5.91 Å². The van der Waals surface area contributed by atoms with Gasteiger partial charge in [0.2, 0.25) is 0 Å². The van der Waals surface area contributed by atoms with Gasteiger partial charge in [-0.05, 0) is 43.4 Å². The Labute approximate surface area is 131 Å². The Morgan fingerprint density at radius 2 is 1.82 bits per heavy atom. The first-order chi connectivity index (χ1) is 10.7. The van der Waals surface area contributed by atoms with Crippen LogP contribution in [-0.2, 0) is 4.79 Å². The average molecular weight is 295 g/mol. The predicted octanol–water partition coefficient (Wildman–Crippen LogP) is 3.64. The van der Waals surface area contributed by atoms with Gasteiger partial charge in [-0.2, -0.15) is 0 Å². The van der Waals surface area contributed by atoms with Gasteiger partial charge in [-0.1, -0.05) is 48.0 Å². The maximum atomic E-state index is 12.2. The zero-order valence-electron chi connectivity index (χ0n) is 12.8. The minimum atomic E-state index is -0.0682. The highest BCUT2D eigenvalue weighted by Gasteiger charge is 2.33. The number of amides is 1. The van der Waals surface area contributed by atoms with Crippen LogP contribution in [0.4, 0.5) is 0 Å². The number of carbonyl (C=O) groups excluding carboxylic acids is 1. The summed E-state index contributed by atoms with van der Waals surface area (Å²) in [4.78, 5) is 12.2. The van der Waals surface area contributed by atoms with Crippen LogP contribution >= 0.6 is 0 Å². The van der Waals surface area contributed by atoms with E-state index in [4.69, 9.17) is 4.74 Å². The predicted molar refractivity (Wildman–Crippen MR) is 86.7 cm³/mol. The van der Waals surface area contributed by atoms with Gasteiger partial charge in [0.15, 0.2) is 6.61 Å². The zero-order chi connectivity index (χ0) is 15.4. The first kappa shape index (κ1) is 14.6. The van der Waals surface area contributed by atoms with Crippen molar-refractivity contribution in [3.05, 3.63) is 65.7 Å². The van der Waals surface area contributed by atoms with Gasteiger partial charge in [-0.15, -0.1) is 0 Å². The topological polar surface area (TPSA) is 38.3 Å². The molecule has 1 saturated carbocycles. The van der Waals surface area contributed by atoms with Crippen LogP contribution in [0.5, 0.6) is 5.75 Å². The van der Waals surface area contributed by atoms with Crippen LogP contribution in [-0.4, -0.2) is 12.5 Å². The summed E-state index contributed by atoms with van der Waals surface area (Å²) in [6, 6.07) is 17.9. The van der Waals surface area contributed by atoms with Gasteiger partial charge in [0.05, 0.1) is 6.04 Å². The average Bonchev–Trinajstić information content (AvgIpc) is 3.37. The van der Waals surface area contributed by atoms with E-state index in [1.54, 1.807) is 0 Å². The Hall–Kier alpha value is -2.29. The first-order valence-electron chi connectivity index (χ1n) is 7.76. The Morgan fingerprint density at radius 3 is 2.45 bits per heavy atom. The molecule has 2 aromatic carbocycles. The van der Waals surface area contributed by atoms with Gasteiger partial charge in [0, 0.05) is 0 Å². The van der Waals surface area contributed by atoms with Gasteiger partial charge in [-0.3, -0.25) is 4.79 Å². The van der Waals surface area contributed by atoms with Crippen molar-refractivity contribution in [1.82, 2.24) is 5.32 Å². The van der Waals surface area contributed by atoms with Crippen LogP contribution < -0.4 is 10.1 Å². The third-order valence-corrected chi connectivity index (χ3v) is 3.96. The largest absolute Gasteiger partial charge is 0.484 e. The van der Waals surface area contributed by atoms with Crippen LogP contribution in [0.15, 0.2) is 54.6 Å². The fraction of sp³-hybridized carbons (Fsp3) is 0.316. The van der Waals surface area contributed by atoms with E-state index in [1.165, 1.54) is 24.0 Å². The summed E-state index contributed by atoms with van der Waals surface area (Å²) in [6.45, 7) is 2.13. The highest BCUT2D eigenvalue weighted by Crippen LogP contribution is 2.41. The number of rotatable bonds is 6. The molecule has 0 saturated heterocycles. The number of hydrogen-bond acceptors (Lipinski definition) is 2. The molecule has 22 heavy (non-hydrogen) atoms. The van der Waals surface area contributed by atoms with Crippen molar-refractivity contribution in [3.8, 4) is 5.75 Å². The molecule has 1 atom stereocenters. The lowest BCUT2D eigenvalue weighted by molar-refractivity contribution is -0.124. The smallest absolute Gasteiger partial charge is 0.258 e. The maximum Gasteiger partial charge on any atom is 0.258 e. The number of hydrogen-bond donors (Lipinski definition) is 1. The molecule has 0 radical (unpaired) electrons. The number of nitrogens with one attached hydrogen (secondary N) is 1. The number of aryl methyl sites for hydroxylation is 1. The molecule has 1 fully saturated rings. The van der Waals surface area contributed by atoms with E-state index in [0.717, 1.165) is 5.75 Å². The molecule has 0 aromatic heterocycles. The minimum absolute atomic E-state index is 0.0547. The molecule has 1 aliphatic rings. The number of carbonyl (C=O) groups is 1. The second-order valence-corrected chi connectivity index (χ2v) is 5.90. The molecule has 0 aliphatic heterocycles. The van der Waals surface area contributed by atoms with Gasteiger partial charge in [-0.25, -0.2) is 0 Å². The zero-order valence-corrected chi connectivity index (χ0v) is 12.8. The van der Waals surface area contributed by atoms with Crippen molar-refractivity contribution in [2.75, 3.05) is 6.61 Å². The molecule has 3 nitrogen and oxygen atoms in total. The lowest BCUT2D eigenvalue weighted by atomic mass is 10.0. The SMILES string of the molecule is Cc1ccc(C(NC(=O)COc2ccccc2)C2CC2)cc1. The molecule has 0 spiro atoms. The first-order valence-corrected chi connectivity index (χ1v) is 7.76. The Bertz CT molecular complexity index is 618. The molecule has 3 rings (SSSR count). The molecule has 3 heteroatoms. The summed E-state index contributed by atoms with van der Waals surface area (Å²) >= 11 is 0. The van der Waals surface area contributed by atoms with E-state index in [-0.39, 0.29) is 18.6 Å². The molecule has 1 amide bonds. The number of para-hydroxylation sites is 1. The van der Waals surface area contributed by atoms with Crippen molar-refractivity contribution in [1.29, 1.82) is 0 Å². The lowest BCUT2D eigenvalue weighted by Gasteiger charge is -2.19. The molecular formula is C19H21NO2. The summed E-state index contributed by atoms with van der Waals surface area (Å²) in [7, 11) is 0. The second-order valence-electron chi connectivity index (χ2n) is 5.90. The normalized spacial score (nSPS) is 15.1. The Balaban J connectivity index is 1.59. The Kier molecular flexibility index (Phi) is 4.42. The van der Waals surface area contributed by atoms with E-state index >= 15 is 0 Å². The van der Waals surface area contributed by atoms with Crippen LogP contribution in [0.3, 0.4) is 0 Å². The summed E-state index contributed by atoms with van der Waals surface area (Å²) in [6.07, 6.45) is 2.36. The fourth-order valence-electron chi connectivity index (χ4n) is 2.56. The second kappa shape index (κ2) is 6.65. The van der Waals surface area contributed by atoms with E-state index in [2.05, 4.69) is 36.5 Å². The van der Waals surface area contributed by atoms with Gasteiger partial charge in [0.1, 0.15) is 5.75 Å². The number of benzene rings is 2. The molecular weight excluding hydrogens is 274 g/mol. The highest BCUT2D eigenvalue weighted by molar-refractivity contribution is 5.78. The third kappa shape index (κ3) is 3.88. The third-order valence-electron chi connectivity index (χ3n) is 3.96. The summed E-state index contributed by atoms with van der Waals surface area (Å²) in [5.74, 6) is 1.21. The summed E-state index contributed by atoms with van der Waals surface area (Å²) < 4.78 is 5.51. The molecule has 0 bridgehead atoms. The lowest BCUT2D eigenvalue weighted by Crippen LogP contribution is -2.33. The van der Waals surface area contributed by atoms with E-state index in [9.17, 15) is 4.79 Å². The molecule has 0 heterocycles. The van der Waals surface area contributed by atoms with Crippen molar-refractivity contribution in [2.24, 2.45) is 5.92 Å². The van der Waals surface area contributed by atoms with Crippen molar-refractivity contribution in [3.63, 3.8) is 0 Å². The monoisotopic (exact) mass is 295 g/mol. The van der Waals surface area contributed by atoms with Crippen LogP contribution in [0.25, 0.3) is 0 Å². The molecule has 1 N–H and O–H groups in total. The van der Waals surface area contributed by atoms with Gasteiger partial charge < -0.3 is 10.1 Å². The summed E-state index contributed by atoms with van der Waals surface area (Å²) in [5.41, 5.74) is 2.41. The molecule has 2 aromatic rings. The molecule has 114 valence electrons. The fourth-order valence-corrected chi connectivity index (χ4v) is 2.56. The quantitative estimate of drug-likeness (QED) is 0.883. The van der Waals surface area contributed by atoms with E-state index < -0.39 is 0 Å². The summed E-state index contributed by atoms with van der Waals surface area (Å²) in [5, 5.41) is 3.12. The number of ether oxygens (including phenoxy) is 1. The van der Waals surface area contributed by atoms with Gasteiger partial charge in [0.25, 0.3) is 5.91 Å². The van der Waals surface area contributed by atoms with Crippen LogP contribution in [0.1, 0.15) is 30.0 Å². The highest BCUT2D eigenvalue weighted by atomic mass is 16.5. The van der Waals surface area contributed by atoms with Gasteiger partial charge >= 0.3 is 0 Å². The van der Waals surface area contributed by atoms with Crippen molar-refractivity contribution in [2.45, 2.75) is 25.8 Å². The maximum absolute atomic E-state index is 12.2.